The first-order chi connectivity index (χ1) is 17.3. The van der Waals surface area contributed by atoms with Gasteiger partial charge in [0.15, 0.2) is 0 Å². The molecule has 1 aromatic carbocycles. The summed E-state index contributed by atoms with van der Waals surface area (Å²) in [6.07, 6.45) is 6.55. The van der Waals surface area contributed by atoms with E-state index in [0.717, 1.165) is 13.1 Å². The molecule has 0 radical (unpaired) electrons. The van der Waals surface area contributed by atoms with Crippen molar-refractivity contribution in [3.05, 3.63) is 23.3 Å². The molecule has 0 saturated carbocycles. The fourth-order valence-electron chi connectivity index (χ4n) is 7.36. The van der Waals surface area contributed by atoms with Crippen molar-refractivity contribution < 1.29 is 0 Å². The molecule has 1 aromatic rings. The van der Waals surface area contributed by atoms with Gasteiger partial charge in [-0.15, -0.1) is 9.24 Å². The van der Waals surface area contributed by atoms with E-state index >= 15 is 0 Å². The maximum absolute atomic E-state index is 3.82. The average molecular weight is 593 g/mol. The molecule has 3 atom stereocenters. The summed E-state index contributed by atoms with van der Waals surface area (Å²) in [6, 6.07) is 5.62. The van der Waals surface area contributed by atoms with Crippen LogP contribution in [0.15, 0.2) is 12.1 Å². The molecule has 2 aliphatic rings. The summed E-state index contributed by atoms with van der Waals surface area (Å²) in [6.45, 7) is 35.2. The number of piperidine rings is 2. The van der Waals surface area contributed by atoms with Crippen LogP contribution in [0, 0.1) is 11.8 Å². The predicted octanol–water partition coefficient (Wildman–Crippen LogP) is 7.43. The molecule has 2 saturated heterocycles. The van der Waals surface area contributed by atoms with E-state index in [1.54, 1.807) is 21.5 Å². The molecule has 0 amide bonds. The second kappa shape index (κ2) is 12.0. The summed E-state index contributed by atoms with van der Waals surface area (Å²) in [7, 11) is 0.325. The van der Waals surface area contributed by atoms with Crippen LogP contribution >= 0.6 is 17.2 Å². The van der Waals surface area contributed by atoms with Crippen LogP contribution in [0.3, 0.4) is 0 Å². The molecule has 0 bridgehead atoms. The van der Waals surface area contributed by atoms with Crippen LogP contribution in [-0.4, -0.2) is 52.6 Å². The van der Waals surface area contributed by atoms with Crippen LogP contribution < -0.4 is 21.0 Å². The largest absolute Gasteiger partial charge is 0.316 e. The van der Waals surface area contributed by atoms with Crippen molar-refractivity contribution in [2.24, 2.45) is 11.8 Å². The van der Waals surface area contributed by atoms with Crippen molar-refractivity contribution in [1.82, 2.24) is 10.6 Å². The van der Waals surface area contributed by atoms with Gasteiger partial charge in [-0.05, 0) is 91.3 Å². The van der Waals surface area contributed by atoms with Crippen LogP contribution in [0.25, 0.3) is 0 Å². The molecule has 0 spiro atoms. The van der Waals surface area contributed by atoms with Gasteiger partial charge in [0, 0.05) is 5.16 Å². The van der Waals surface area contributed by atoms with Gasteiger partial charge in [0.25, 0.3) is 0 Å². The van der Waals surface area contributed by atoms with Crippen LogP contribution in [0.1, 0.15) is 78.4 Å². The molecular weight excluding hydrogens is 530 g/mol. The van der Waals surface area contributed by atoms with Crippen molar-refractivity contribution >= 4 is 43.7 Å². The molecule has 2 heterocycles. The minimum atomic E-state index is -1.53. The highest BCUT2D eigenvalue weighted by Gasteiger charge is 2.46. The van der Waals surface area contributed by atoms with Gasteiger partial charge < -0.3 is 10.6 Å². The third-order valence-corrected chi connectivity index (χ3v) is 18.7. The Hall–Kier alpha value is 0.434. The summed E-state index contributed by atoms with van der Waals surface area (Å²) in [5, 5.41) is 11.9. The maximum atomic E-state index is 3.82. The predicted molar refractivity (Wildman–Crippen MR) is 185 cm³/mol. The average Bonchev–Trinajstić information content (AvgIpc) is 2.80. The zero-order valence-corrected chi connectivity index (χ0v) is 31.2. The molecule has 6 heteroatoms. The fraction of sp³-hybridized carbons (Fsp3) is 0.812. The summed E-state index contributed by atoms with van der Waals surface area (Å²) in [4.78, 5) is 0. The van der Waals surface area contributed by atoms with E-state index in [9.17, 15) is 0 Å². The van der Waals surface area contributed by atoms with E-state index in [0.29, 0.717) is 22.1 Å². The van der Waals surface area contributed by atoms with Gasteiger partial charge in [-0.25, -0.2) is 0 Å². The second-order valence-corrected chi connectivity index (χ2v) is 31.4. The topological polar surface area (TPSA) is 24.1 Å². The number of hydrogen-bond donors (Lipinski definition) is 2. The Morgan fingerprint density at radius 1 is 0.763 bits per heavy atom. The lowest BCUT2D eigenvalue weighted by molar-refractivity contribution is 0.193. The monoisotopic (exact) mass is 592 g/mol. The van der Waals surface area contributed by atoms with Crippen LogP contribution in [0.4, 0.5) is 0 Å². The molecule has 3 unspecified atom stereocenters. The number of rotatable bonds is 7. The van der Waals surface area contributed by atoms with E-state index in [1.807, 2.05) is 0 Å². The first-order valence-corrected chi connectivity index (χ1v) is 24.5. The van der Waals surface area contributed by atoms with Gasteiger partial charge in [-0.3, -0.25) is 0 Å². The minimum Gasteiger partial charge on any atom is -0.316 e. The Bertz CT molecular complexity index is 906. The molecule has 2 N–H and O–H groups in total. The normalized spacial score (nSPS) is 23.9. The second-order valence-electron chi connectivity index (χ2n) is 16.5. The molecule has 0 aliphatic carbocycles. The zero-order chi connectivity index (χ0) is 28.7. The lowest BCUT2D eigenvalue weighted by atomic mass is 9.69. The van der Waals surface area contributed by atoms with Crippen molar-refractivity contribution in [2.75, 3.05) is 26.2 Å². The highest BCUT2D eigenvalue weighted by atomic mass is 31.1. The van der Waals surface area contributed by atoms with E-state index in [1.165, 1.54) is 44.9 Å². The highest BCUT2D eigenvalue weighted by molar-refractivity contribution is 7.60. The van der Waals surface area contributed by atoms with Crippen LogP contribution in [0.2, 0.25) is 39.3 Å². The standard InChI is InChI=1S/C32H62N2P2Si2/c1-30(2,3)36(31(4,5)6)23-24-19-28(37(7,8)9)29(38(10,11)12)20-27(24)32(35,25-15-13-17-33-21-25)26-16-14-18-34-22-26/h19-20,25-26,33-34H,13-18,21-23,35H2,1-12H3. The quantitative estimate of drug-likeness (QED) is 0.254. The summed E-state index contributed by atoms with van der Waals surface area (Å²) < 4.78 is 0. The SMILES string of the molecule is CC(C)(C)P(Cc1cc([Si](C)(C)C)c([Si](C)(C)C)cc1C(P)(C1CCCNC1)C1CCCNC1)C(C)(C)C. The van der Waals surface area contributed by atoms with E-state index in [2.05, 4.69) is 113 Å². The van der Waals surface area contributed by atoms with Crippen molar-refractivity contribution in [3.8, 4) is 0 Å². The summed E-state index contributed by atoms with van der Waals surface area (Å²) in [5.41, 5.74) is 3.41. The summed E-state index contributed by atoms with van der Waals surface area (Å²) >= 11 is 0. The molecule has 38 heavy (non-hydrogen) atoms. The minimum absolute atomic E-state index is 0.124. The summed E-state index contributed by atoms with van der Waals surface area (Å²) in [5.74, 6) is 1.35. The van der Waals surface area contributed by atoms with Gasteiger partial charge in [-0.2, -0.15) is 0 Å². The molecule has 218 valence electrons. The van der Waals surface area contributed by atoms with Crippen molar-refractivity contribution in [1.29, 1.82) is 0 Å². The van der Waals surface area contributed by atoms with Gasteiger partial charge in [0.05, 0.1) is 16.1 Å². The lowest BCUT2D eigenvalue weighted by Crippen LogP contribution is -2.58. The van der Waals surface area contributed by atoms with Crippen molar-refractivity contribution in [2.45, 2.75) is 128 Å². The lowest BCUT2D eigenvalue weighted by Gasteiger charge is -2.50. The Morgan fingerprint density at radius 3 is 1.53 bits per heavy atom. The molecule has 0 aromatic heterocycles. The van der Waals surface area contributed by atoms with Gasteiger partial charge in [0.2, 0.25) is 0 Å². The Labute approximate surface area is 243 Å². The molecular formula is C32H62N2P2Si2. The third-order valence-electron chi connectivity index (χ3n) is 9.22. The first-order valence-electron chi connectivity index (χ1n) is 15.4. The van der Waals surface area contributed by atoms with E-state index in [4.69, 9.17) is 0 Å². The number of hydrogen-bond acceptors (Lipinski definition) is 2. The van der Waals surface area contributed by atoms with Gasteiger partial charge in [0.1, 0.15) is 0 Å². The van der Waals surface area contributed by atoms with Crippen molar-refractivity contribution in [3.63, 3.8) is 0 Å². The number of nitrogens with one attached hydrogen (secondary N) is 2. The van der Waals surface area contributed by atoms with Gasteiger partial charge in [-0.1, -0.05) is 111 Å². The maximum Gasteiger partial charge on any atom is 0.0774 e. The Kier molecular flexibility index (Phi) is 10.4. The smallest absolute Gasteiger partial charge is 0.0774 e. The first kappa shape index (κ1) is 32.9. The van der Waals surface area contributed by atoms with E-state index < -0.39 is 16.1 Å². The van der Waals surface area contributed by atoms with E-state index in [-0.39, 0.29) is 13.1 Å². The molecule has 2 nitrogen and oxygen atoms in total. The third kappa shape index (κ3) is 7.44. The van der Waals surface area contributed by atoms with Crippen LogP contribution in [0.5, 0.6) is 0 Å². The molecule has 2 fully saturated rings. The van der Waals surface area contributed by atoms with Gasteiger partial charge >= 0.3 is 0 Å². The molecule has 2 aliphatic heterocycles. The molecule has 3 rings (SSSR count). The highest BCUT2D eigenvalue weighted by Crippen LogP contribution is 2.62. The Balaban J connectivity index is 2.36. The zero-order valence-electron chi connectivity index (χ0n) is 27.2. The number of benzene rings is 1. The fourth-order valence-corrected chi connectivity index (χ4v) is 17.0. The Morgan fingerprint density at radius 2 is 1.18 bits per heavy atom. The van der Waals surface area contributed by atoms with Crippen LogP contribution in [-0.2, 0) is 11.3 Å².